The first-order chi connectivity index (χ1) is 8.67. The van der Waals surface area contributed by atoms with E-state index in [0.29, 0.717) is 0 Å². The van der Waals surface area contributed by atoms with Crippen molar-refractivity contribution < 1.29 is 0 Å². The lowest BCUT2D eigenvalue weighted by atomic mass is 9.90. The van der Waals surface area contributed by atoms with Crippen molar-refractivity contribution in [3.05, 3.63) is 34.9 Å². The first-order valence-corrected chi connectivity index (χ1v) is 7.42. The third-order valence-electron chi connectivity index (χ3n) is 4.25. The van der Waals surface area contributed by atoms with E-state index in [4.69, 9.17) is 0 Å². The first-order valence-electron chi connectivity index (χ1n) is 7.42. The molecule has 1 fully saturated rings. The average Bonchev–Trinajstić information content (AvgIpc) is 2.52. The highest BCUT2D eigenvalue weighted by molar-refractivity contribution is 5.28. The summed E-state index contributed by atoms with van der Waals surface area (Å²) in [5.41, 5.74) is 4.35. The summed E-state index contributed by atoms with van der Waals surface area (Å²) in [5, 5.41) is 3.48. The minimum absolute atomic E-state index is 0.739. The van der Waals surface area contributed by atoms with Crippen molar-refractivity contribution in [3.63, 3.8) is 0 Å². The Morgan fingerprint density at radius 3 is 2.39 bits per heavy atom. The van der Waals surface area contributed by atoms with Crippen molar-refractivity contribution in [1.82, 2.24) is 5.32 Å². The van der Waals surface area contributed by atoms with Crippen LogP contribution < -0.4 is 5.32 Å². The highest BCUT2D eigenvalue weighted by Crippen LogP contribution is 2.27. The Balaban J connectivity index is 2.02. The molecule has 18 heavy (non-hydrogen) atoms. The molecule has 100 valence electrons. The summed E-state index contributed by atoms with van der Waals surface area (Å²) < 4.78 is 0. The van der Waals surface area contributed by atoms with E-state index in [-0.39, 0.29) is 0 Å². The van der Waals surface area contributed by atoms with Gasteiger partial charge in [0.2, 0.25) is 0 Å². The molecular weight excluding hydrogens is 218 g/mol. The SMILES string of the molecule is CNC1CCCCC(Cc2cc(C)cc(C)c2)C1. The highest BCUT2D eigenvalue weighted by Gasteiger charge is 2.19. The lowest BCUT2D eigenvalue weighted by molar-refractivity contribution is 0.400. The zero-order valence-electron chi connectivity index (χ0n) is 12.1. The van der Waals surface area contributed by atoms with E-state index in [2.05, 4.69) is 44.4 Å². The number of rotatable bonds is 3. The van der Waals surface area contributed by atoms with Crippen LogP contribution in [0.4, 0.5) is 0 Å². The topological polar surface area (TPSA) is 12.0 Å². The molecule has 0 aromatic heterocycles. The summed E-state index contributed by atoms with van der Waals surface area (Å²) in [7, 11) is 2.11. The normalized spacial score (nSPS) is 24.8. The monoisotopic (exact) mass is 245 g/mol. The van der Waals surface area contributed by atoms with E-state index in [1.165, 1.54) is 55.2 Å². The van der Waals surface area contributed by atoms with Crippen LogP contribution >= 0.6 is 0 Å². The van der Waals surface area contributed by atoms with Crippen molar-refractivity contribution in [2.24, 2.45) is 5.92 Å². The maximum atomic E-state index is 3.48. The van der Waals surface area contributed by atoms with Gasteiger partial charge in [-0.05, 0) is 51.6 Å². The third-order valence-corrected chi connectivity index (χ3v) is 4.25. The Kier molecular flexibility index (Phi) is 4.82. The fourth-order valence-electron chi connectivity index (χ4n) is 3.43. The number of benzene rings is 1. The average molecular weight is 245 g/mol. The second-order valence-corrected chi connectivity index (χ2v) is 6.07. The fraction of sp³-hybridized carbons (Fsp3) is 0.647. The number of nitrogens with one attached hydrogen (secondary N) is 1. The summed E-state index contributed by atoms with van der Waals surface area (Å²) in [6.45, 7) is 4.42. The molecule has 1 aromatic carbocycles. The van der Waals surface area contributed by atoms with Crippen molar-refractivity contribution in [2.45, 2.75) is 58.4 Å². The van der Waals surface area contributed by atoms with Gasteiger partial charge in [0.25, 0.3) is 0 Å². The van der Waals surface area contributed by atoms with Gasteiger partial charge in [-0.2, -0.15) is 0 Å². The molecule has 1 aromatic rings. The van der Waals surface area contributed by atoms with Crippen LogP contribution in [0.5, 0.6) is 0 Å². The Bertz CT molecular complexity index is 363. The Morgan fingerprint density at radius 2 is 1.72 bits per heavy atom. The van der Waals surface area contributed by atoms with Gasteiger partial charge in [0, 0.05) is 6.04 Å². The van der Waals surface area contributed by atoms with Gasteiger partial charge in [0.1, 0.15) is 0 Å². The third kappa shape index (κ3) is 3.84. The predicted octanol–water partition coefficient (Wildman–Crippen LogP) is 4.01. The van der Waals surface area contributed by atoms with Gasteiger partial charge >= 0.3 is 0 Å². The van der Waals surface area contributed by atoms with Gasteiger partial charge in [0.15, 0.2) is 0 Å². The Morgan fingerprint density at radius 1 is 1.06 bits per heavy atom. The molecule has 1 aliphatic carbocycles. The fourth-order valence-corrected chi connectivity index (χ4v) is 3.43. The van der Waals surface area contributed by atoms with Crippen LogP contribution in [0.3, 0.4) is 0 Å². The quantitative estimate of drug-likeness (QED) is 0.793. The van der Waals surface area contributed by atoms with Gasteiger partial charge in [-0.25, -0.2) is 0 Å². The molecule has 1 N–H and O–H groups in total. The molecule has 0 radical (unpaired) electrons. The van der Waals surface area contributed by atoms with Gasteiger partial charge in [-0.15, -0.1) is 0 Å². The van der Waals surface area contributed by atoms with Crippen LogP contribution in [0.2, 0.25) is 0 Å². The molecule has 0 saturated heterocycles. The molecule has 0 spiro atoms. The smallest absolute Gasteiger partial charge is 0.00668 e. The van der Waals surface area contributed by atoms with Crippen LogP contribution in [0.25, 0.3) is 0 Å². The van der Waals surface area contributed by atoms with Crippen LogP contribution in [-0.4, -0.2) is 13.1 Å². The molecule has 2 rings (SSSR count). The molecular formula is C17H27N. The summed E-state index contributed by atoms with van der Waals surface area (Å²) in [4.78, 5) is 0. The van der Waals surface area contributed by atoms with E-state index in [9.17, 15) is 0 Å². The van der Waals surface area contributed by atoms with Gasteiger partial charge in [-0.3, -0.25) is 0 Å². The van der Waals surface area contributed by atoms with E-state index >= 15 is 0 Å². The molecule has 1 nitrogen and oxygen atoms in total. The Hall–Kier alpha value is -0.820. The van der Waals surface area contributed by atoms with E-state index < -0.39 is 0 Å². The van der Waals surface area contributed by atoms with Gasteiger partial charge in [-0.1, -0.05) is 48.6 Å². The molecule has 2 unspecified atom stereocenters. The maximum absolute atomic E-state index is 3.48. The zero-order chi connectivity index (χ0) is 13.0. The molecule has 2 atom stereocenters. The van der Waals surface area contributed by atoms with Gasteiger partial charge < -0.3 is 5.32 Å². The highest BCUT2D eigenvalue weighted by atomic mass is 14.9. The first kappa shape index (κ1) is 13.6. The van der Waals surface area contributed by atoms with Crippen LogP contribution in [0.1, 0.15) is 48.8 Å². The number of aryl methyl sites for hydroxylation is 2. The molecule has 0 amide bonds. The predicted molar refractivity (Wildman–Crippen MR) is 79.0 cm³/mol. The lowest BCUT2D eigenvalue weighted by Gasteiger charge is -2.20. The second-order valence-electron chi connectivity index (χ2n) is 6.07. The van der Waals surface area contributed by atoms with E-state index in [0.717, 1.165) is 12.0 Å². The Labute approximate surface area is 112 Å². The molecule has 0 aliphatic heterocycles. The van der Waals surface area contributed by atoms with E-state index in [1.54, 1.807) is 0 Å². The van der Waals surface area contributed by atoms with Crippen LogP contribution in [0, 0.1) is 19.8 Å². The summed E-state index contributed by atoms with van der Waals surface area (Å²) in [5.74, 6) is 0.867. The van der Waals surface area contributed by atoms with Crippen molar-refractivity contribution in [2.75, 3.05) is 7.05 Å². The van der Waals surface area contributed by atoms with Gasteiger partial charge in [0.05, 0.1) is 0 Å². The molecule has 1 aliphatic rings. The largest absolute Gasteiger partial charge is 0.317 e. The summed E-state index contributed by atoms with van der Waals surface area (Å²) in [6, 6.07) is 7.74. The zero-order valence-corrected chi connectivity index (χ0v) is 12.1. The summed E-state index contributed by atoms with van der Waals surface area (Å²) in [6.07, 6.45) is 8.19. The maximum Gasteiger partial charge on any atom is 0.00668 e. The summed E-state index contributed by atoms with van der Waals surface area (Å²) >= 11 is 0. The standard InChI is InChI=1S/C17H27N/c1-13-8-14(2)10-16(9-13)11-15-6-4-5-7-17(12-15)18-3/h8-10,15,17-18H,4-7,11-12H2,1-3H3. The van der Waals surface area contributed by atoms with E-state index in [1.807, 2.05) is 0 Å². The van der Waals surface area contributed by atoms with Crippen molar-refractivity contribution in [3.8, 4) is 0 Å². The molecule has 1 saturated carbocycles. The minimum atomic E-state index is 0.739. The van der Waals surface area contributed by atoms with Crippen molar-refractivity contribution in [1.29, 1.82) is 0 Å². The molecule has 0 heterocycles. The lowest BCUT2D eigenvalue weighted by Crippen LogP contribution is -2.26. The number of hydrogen-bond donors (Lipinski definition) is 1. The number of hydrogen-bond acceptors (Lipinski definition) is 1. The molecule has 0 bridgehead atoms. The minimum Gasteiger partial charge on any atom is -0.317 e. The van der Waals surface area contributed by atoms with Crippen LogP contribution in [0.15, 0.2) is 18.2 Å². The van der Waals surface area contributed by atoms with Crippen LogP contribution in [-0.2, 0) is 6.42 Å². The molecule has 1 heteroatoms. The van der Waals surface area contributed by atoms with Crippen molar-refractivity contribution >= 4 is 0 Å². The second kappa shape index (κ2) is 6.38.